The van der Waals surface area contributed by atoms with Crippen LogP contribution in [0.1, 0.15) is 82.5 Å². The van der Waals surface area contributed by atoms with Crippen LogP contribution in [0, 0.1) is 6.92 Å². The van der Waals surface area contributed by atoms with Crippen molar-refractivity contribution in [2.45, 2.75) is 85.5 Å². The van der Waals surface area contributed by atoms with E-state index in [9.17, 15) is 0 Å². The SMILES string of the molecule is CCc1onc(CCc2onc(C)c2C(C)(C)C)c1C(C)(C)C. The van der Waals surface area contributed by atoms with Crippen LogP contribution >= 0.6 is 0 Å². The summed E-state index contributed by atoms with van der Waals surface area (Å²) in [6.45, 7) is 17.3. The predicted octanol–water partition coefficient (Wildman–Crippen LogP) is 4.91. The van der Waals surface area contributed by atoms with Gasteiger partial charge in [-0.15, -0.1) is 0 Å². The summed E-state index contributed by atoms with van der Waals surface area (Å²) in [5, 5.41) is 8.50. The van der Waals surface area contributed by atoms with Crippen LogP contribution in [0.3, 0.4) is 0 Å². The lowest BCUT2D eigenvalue weighted by atomic mass is 9.82. The summed E-state index contributed by atoms with van der Waals surface area (Å²) in [5.74, 6) is 1.97. The molecule has 0 bridgehead atoms. The molecule has 4 heteroatoms. The molecular formula is C19H30N2O2. The van der Waals surface area contributed by atoms with Crippen LogP contribution in [-0.2, 0) is 30.1 Å². The first-order valence-electron chi connectivity index (χ1n) is 8.49. The summed E-state index contributed by atoms with van der Waals surface area (Å²) in [5.41, 5.74) is 4.55. The van der Waals surface area contributed by atoms with Crippen molar-refractivity contribution in [3.8, 4) is 0 Å². The maximum absolute atomic E-state index is 5.59. The minimum Gasteiger partial charge on any atom is -0.361 e. The number of hydrogen-bond donors (Lipinski definition) is 0. The zero-order chi connectivity index (χ0) is 17.4. The fourth-order valence-corrected chi connectivity index (χ4v) is 3.41. The summed E-state index contributed by atoms with van der Waals surface area (Å²) in [6.07, 6.45) is 2.48. The molecule has 0 aliphatic heterocycles. The topological polar surface area (TPSA) is 52.1 Å². The first-order valence-corrected chi connectivity index (χ1v) is 8.49. The Balaban J connectivity index is 2.28. The summed E-state index contributed by atoms with van der Waals surface area (Å²) >= 11 is 0. The van der Waals surface area contributed by atoms with E-state index in [0.29, 0.717) is 0 Å². The molecule has 0 fully saturated rings. The van der Waals surface area contributed by atoms with Gasteiger partial charge in [0.1, 0.15) is 11.5 Å². The van der Waals surface area contributed by atoms with Crippen molar-refractivity contribution in [3.63, 3.8) is 0 Å². The highest BCUT2D eigenvalue weighted by Gasteiger charge is 2.28. The Kier molecular flexibility index (Phi) is 4.74. The third kappa shape index (κ3) is 3.67. The van der Waals surface area contributed by atoms with E-state index in [0.717, 1.165) is 42.2 Å². The normalized spacial score (nSPS) is 12.9. The first-order chi connectivity index (χ1) is 10.6. The number of rotatable bonds is 4. The molecule has 0 aliphatic rings. The molecule has 2 rings (SSSR count). The molecule has 2 aromatic rings. The molecular weight excluding hydrogens is 288 g/mol. The van der Waals surface area contributed by atoms with Gasteiger partial charge in [-0.05, 0) is 17.8 Å². The highest BCUT2D eigenvalue weighted by Crippen LogP contribution is 2.32. The van der Waals surface area contributed by atoms with Crippen molar-refractivity contribution in [3.05, 3.63) is 34.0 Å². The number of nitrogens with zero attached hydrogens (tertiary/aromatic N) is 2. The maximum atomic E-state index is 5.59. The van der Waals surface area contributed by atoms with E-state index >= 15 is 0 Å². The van der Waals surface area contributed by atoms with Crippen LogP contribution in [0.5, 0.6) is 0 Å². The zero-order valence-corrected chi connectivity index (χ0v) is 15.8. The third-order valence-electron chi connectivity index (χ3n) is 4.18. The highest BCUT2D eigenvalue weighted by atomic mass is 16.5. The molecule has 2 aromatic heterocycles. The Morgan fingerprint density at radius 2 is 1.35 bits per heavy atom. The highest BCUT2D eigenvalue weighted by molar-refractivity contribution is 5.33. The first kappa shape index (κ1) is 17.8. The molecule has 0 N–H and O–H groups in total. The fraction of sp³-hybridized carbons (Fsp3) is 0.684. The van der Waals surface area contributed by atoms with Crippen molar-refractivity contribution in [2.24, 2.45) is 0 Å². The van der Waals surface area contributed by atoms with Crippen LogP contribution in [0.4, 0.5) is 0 Å². The van der Waals surface area contributed by atoms with Gasteiger partial charge in [-0.3, -0.25) is 0 Å². The second-order valence-corrected chi connectivity index (χ2v) is 8.35. The average molecular weight is 318 g/mol. The second-order valence-electron chi connectivity index (χ2n) is 8.35. The summed E-state index contributed by atoms with van der Waals surface area (Å²) in [6, 6.07) is 0. The van der Waals surface area contributed by atoms with Crippen LogP contribution in [0.15, 0.2) is 9.05 Å². The van der Waals surface area contributed by atoms with Gasteiger partial charge in [-0.25, -0.2) is 0 Å². The monoisotopic (exact) mass is 318 g/mol. The van der Waals surface area contributed by atoms with Crippen LogP contribution in [-0.4, -0.2) is 10.3 Å². The van der Waals surface area contributed by atoms with Gasteiger partial charge in [-0.1, -0.05) is 58.8 Å². The summed E-state index contributed by atoms with van der Waals surface area (Å²) < 4.78 is 11.2. The van der Waals surface area contributed by atoms with Crippen molar-refractivity contribution in [1.29, 1.82) is 0 Å². The van der Waals surface area contributed by atoms with Gasteiger partial charge in [0.15, 0.2) is 0 Å². The largest absolute Gasteiger partial charge is 0.361 e. The minimum atomic E-state index is 0.0324. The van der Waals surface area contributed by atoms with Gasteiger partial charge in [0.05, 0.1) is 11.4 Å². The Morgan fingerprint density at radius 3 is 1.87 bits per heavy atom. The quantitative estimate of drug-likeness (QED) is 0.803. The number of hydrogen-bond acceptors (Lipinski definition) is 4. The molecule has 0 spiro atoms. The lowest BCUT2D eigenvalue weighted by Crippen LogP contribution is -2.17. The molecule has 128 valence electrons. The number of aryl methyl sites for hydroxylation is 4. The van der Waals surface area contributed by atoms with Crippen LogP contribution < -0.4 is 0 Å². The van der Waals surface area contributed by atoms with Crippen molar-refractivity contribution in [1.82, 2.24) is 10.3 Å². The van der Waals surface area contributed by atoms with Gasteiger partial charge >= 0.3 is 0 Å². The smallest absolute Gasteiger partial charge is 0.141 e. The molecule has 0 saturated carbocycles. The van der Waals surface area contributed by atoms with E-state index < -0.39 is 0 Å². The van der Waals surface area contributed by atoms with Gasteiger partial charge in [0, 0.05) is 30.4 Å². The standard InChI is InChI=1S/C19H30N2O2/c1-9-14-17(19(6,7)8)13(21-22-14)10-11-15-16(18(3,4)5)12(2)20-23-15/h9-11H2,1-8H3. The zero-order valence-electron chi connectivity index (χ0n) is 15.8. The van der Waals surface area contributed by atoms with Gasteiger partial charge < -0.3 is 9.05 Å². The van der Waals surface area contributed by atoms with Crippen molar-refractivity contribution >= 4 is 0 Å². The number of aromatic nitrogens is 2. The maximum Gasteiger partial charge on any atom is 0.141 e. The molecule has 0 atom stereocenters. The molecule has 2 heterocycles. The van der Waals surface area contributed by atoms with Gasteiger partial charge in [0.25, 0.3) is 0 Å². The van der Waals surface area contributed by atoms with Crippen molar-refractivity contribution in [2.75, 3.05) is 0 Å². The summed E-state index contributed by atoms with van der Waals surface area (Å²) in [4.78, 5) is 0. The van der Waals surface area contributed by atoms with E-state index in [1.165, 1.54) is 11.1 Å². The lowest BCUT2D eigenvalue weighted by molar-refractivity contribution is 0.367. The molecule has 0 aromatic carbocycles. The van der Waals surface area contributed by atoms with E-state index in [1.54, 1.807) is 0 Å². The second kappa shape index (κ2) is 6.14. The lowest BCUT2D eigenvalue weighted by Gasteiger charge is -2.20. The minimum absolute atomic E-state index is 0.0324. The summed E-state index contributed by atoms with van der Waals surface area (Å²) in [7, 11) is 0. The fourth-order valence-electron chi connectivity index (χ4n) is 3.41. The Bertz CT molecular complexity index is 667. The van der Waals surface area contributed by atoms with Crippen molar-refractivity contribution < 1.29 is 9.05 Å². The van der Waals surface area contributed by atoms with Gasteiger partial charge in [-0.2, -0.15) is 0 Å². The van der Waals surface area contributed by atoms with Crippen LogP contribution in [0.25, 0.3) is 0 Å². The van der Waals surface area contributed by atoms with E-state index in [1.807, 2.05) is 6.92 Å². The molecule has 23 heavy (non-hydrogen) atoms. The average Bonchev–Trinajstić information content (AvgIpc) is 2.97. The molecule has 4 nitrogen and oxygen atoms in total. The predicted molar refractivity (Wildman–Crippen MR) is 91.9 cm³/mol. The molecule has 0 amide bonds. The molecule has 0 saturated heterocycles. The van der Waals surface area contributed by atoms with E-state index in [2.05, 4.69) is 58.8 Å². The third-order valence-corrected chi connectivity index (χ3v) is 4.18. The van der Waals surface area contributed by atoms with E-state index in [-0.39, 0.29) is 10.8 Å². The Hall–Kier alpha value is -1.58. The Morgan fingerprint density at radius 1 is 0.783 bits per heavy atom. The van der Waals surface area contributed by atoms with Gasteiger partial charge in [0.2, 0.25) is 0 Å². The molecule has 0 unspecified atom stereocenters. The van der Waals surface area contributed by atoms with E-state index in [4.69, 9.17) is 9.05 Å². The molecule has 0 radical (unpaired) electrons. The Labute approximate surface area is 139 Å². The van der Waals surface area contributed by atoms with Crippen LogP contribution in [0.2, 0.25) is 0 Å². The molecule has 0 aliphatic carbocycles.